The van der Waals surface area contributed by atoms with E-state index in [2.05, 4.69) is 58.4 Å². The van der Waals surface area contributed by atoms with Crippen molar-refractivity contribution in [2.24, 2.45) is 4.99 Å². The third-order valence-electron chi connectivity index (χ3n) is 5.20. The van der Waals surface area contributed by atoms with Crippen LogP contribution >= 0.6 is 0 Å². The van der Waals surface area contributed by atoms with Gasteiger partial charge in [-0.15, -0.1) is 0 Å². The highest BCUT2D eigenvalue weighted by atomic mass is 16.3. The van der Waals surface area contributed by atoms with E-state index in [4.69, 9.17) is 0 Å². The molecule has 11 nitrogen and oxygen atoms in total. The number of aromatic nitrogens is 6. The molecule has 1 saturated carbocycles. The van der Waals surface area contributed by atoms with Crippen molar-refractivity contribution in [1.29, 1.82) is 0 Å². The van der Waals surface area contributed by atoms with Crippen molar-refractivity contribution in [1.82, 2.24) is 34.4 Å². The molecule has 170 valence electrons. The molecule has 1 aliphatic rings. The Labute approximate surface area is 188 Å². The minimum Gasteiger partial charge on any atom is -0.493 e. The highest BCUT2D eigenvalue weighted by Gasteiger charge is 2.21. The molecule has 0 aliphatic heterocycles. The standard InChI is InChI=1S/C22H25N9O2/c1-30(2)12-14-5-3-4-13(8-14)10-23-20-27-18-15(9-17-19(32)28-22(33)26-17)11-24-31(18)21(29-20)25-16-6-7-16/h3-5,8-9,11,16,32H,6-7,10,12H2,1-2H3,(H,23,25,29)(H2,26,28,33)/b15-9+. The first-order valence-corrected chi connectivity index (χ1v) is 10.7. The van der Waals surface area contributed by atoms with Crippen LogP contribution in [0.3, 0.4) is 0 Å². The van der Waals surface area contributed by atoms with Gasteiger partial charge in [-0.2, -0.15) is 19.6 Å². The monoisotopic (exact) mass is 447 g/mol. The summed E-state index contributed by atoms with van der Waals surface area (Å²) in [4.78, 5) is 32.4. The molecule has 0 amide bonds. The molecular formula is C22H25N9O2. The number of imidazole rings is 1. The number of rotatable bonds is 7. The zero-order valence-corrected chi connectivity index (χ0v) is 18.4. The molecule has 3 aromatic heterocycles. The van der Waals surface area contributed by atoms with Crippen molar-refractivity contribution in [3.63, 3.8) is 0 Å². The topological polar surface area (TPSA) is 140 Å². The fourth-order valence-electron chi connectivity index (χ4n) is 3.54. The van der Waals surface area contributed by atoms with Crippen LogP contribution in [0.25, 0.3) is 11.7 Å². The molecule has 1 fully saturated rings. The van der Waals surface area contributed by atoms with Gasteiger partial charge in [0.15, 0.2) is 5.65 Å². The van der Waals surface area contributed by atoms with Gasteiger partial charge in [0.2, 0.25) is 11.8 Å². The van der Waals surface area contributed by atoms with Crippen LogP contribution in [0.15, 0.2) is 40.2 Å². The number of fused-ring (bicyclic) bond motifs is 1. The maximum absolute atomic E-state index is 11.5. The Morgan fingerprint density at radius 2 is 2.09 bits per heavy atom. The summed E-state index contributed by atoms with van der Waals surface area (Å²) in [5.41, 5.74) is 3.10. The lowest BCUT2D eigenvalue weighted by atomic mass is 10.1. The lowest BCUT2D eigenvalue weighted by Crippen LogP contribution is -2.24. The van der Waals surface area contributed by atoms with Gasteiger partial charge in [0.1, 0.15) is 5.69 Å². The van der Waals surface area contributed by atoms with Crippen molar-refractivity contribution in [3.8, 4) is 5.88 Å². The molecule has 0 unspecified atom stereocenters. The second-order valence-electron chi connectivity index (χ2n) is 8.44. The Kier molecular flexibility index (Phi) is 5.38. The Bertz CT molecular complexity index is 1480. The first kappa shape index (κ1) is 20.9. The third kappa shape index (κ3) is 4.77. The number of hydrogen-bond donors (Lipinski definition) is 4. The number of aromatic amines is 2. The lowest BCUT2D eigenvalue weighted by molar-refractivity contribution is 0.402. The third-order valence-corrected chi connectivity index (χ3v) is 5.20. The van der Waals surface area contributed by atoms with Gasteiger partial charge in [-0.25, -0.2) is 9.79 Å². The van der Waals surface area contributed by atoms with Crippen LogP contribution in [-0.2, 0) is 13.1 Å². The van der Waals surface area contributed by atoms with E-state index >= 15 is 0 Å². The SMILES string of the molecule is CN(C)Cc1cccc(CNc2nc(=NC3CC3)n3nc/c(=C\c4[nH]c(=O)[nH]c4O)c3n2)c1. The highest BCUT2D eigenvalue weighted by Crippen LogP contribution is 2.22. The summed E-state index contributed by atoms with van der Waals surface area (Å²) in [7, 11) is 4.09. The molecule has 33 heavy (non-hydrogen) atoms. The summed E-state index contributed by atoms with van der Waals surface area (Å²) in [6.07, 6.45) is 5.28. The van der Waals surface area contributed by atoms with Crippen molar-refractivity contribution < 1.29 is 5.11 Å². The molecule has 0 spiro atoms. The number of benzene rings is 1. The smallest absolute Gasteiger partial charge is 0.326 e. The quantitative estimate of drug-likeness (QED) is 0.316. The summed E-state index contributed by atoms with van der Waals surface area (Å²) in [5, 5.41) is 18.2. The van der Waals surface area contributed by atoms with E-state index in [1.807, 2.05) is 20.2 Å². The first-order chi connectivity index (χ1) is 15.9. The van der Waals surface area contributed by atoms with E-state index in [9.17, 15) is 9.90 Å². The van der Waals surface area contributed by atoms with Gasteiger partial charge in [0.25, 0.3) is 5.62 Å². The van der Waals surface area contributed by atoms with Gasteiger partial charge in [0, 0.05) is 18.3 Å². The second kappa shape index (κ2) is 8.51. The summed E-state index contributed by atoms with van der Waals surface area (Å²) in [5.74, 6) is 0.189. The molecule has 0 radical (unpaired) electrons. The normalized spacial score (nSPS) is 15.1. The molecule has 11 heteroatoms. The summed E-state index contributed by atoms with van der Waals surface area (Å²) in [6, 6.07) is 8.61. The average Bonchev–Trinajstić information content (AvgIpc) is 3.40. The zero-order valence-electron chi connectivity index (χ0n) is 18.4. The molecular weight excluding hydrogens is 422 g/mol. The maximum Gasteiger partial charge on any atom is 0.326 e. The van der Waals surface area contributed by atoms with Gasteiger partial charge in [0.05, 0.1) is 12.2 Å². The number of nitrogens with one attached hydrogen (secondary N) is 3. The van der Waals surface area contributed by atoms with Crippen LogP contribution in [0.4, 0.5) is 5.95 Å². The van der Waals surface area contributed by atoms with Crippen molar-refractivity contribution in [2.45, 2.75) is 32.0 Å². The Morgan fingerprint density at radius 3 is 2.82 bits per heavy atom. The fourth-order valence-corrected chi connectivity index (χ4v) is 3.54. The van der Waals surface area contributed by atoms with Gasteiger partial charge in [-0.1, -0.05) is 24.3 Å². The van der Waals surface area contributed by atoms with Crippen LogP contribution in [-0.4, -0.2) is 59.7 Å². The van der Waals surface area contributed by atoms with E-state index in [0.29, 0.717) is 29.0 Å². The number of hydrogen-bond acceptors (Lipinski definition) is 8. The van der Waals surface area contributed by atoms with E-state index in [0.717, 1.165) is 24.9 Å². The van der Waals surface area contributed by atoms with Gasteiger partial charge < -0.3 is 20.3 Å². The Hall–Kier alpha value is -3.99. The van der Waals surface area contributed by atoms with Crippen LogP contribution < -0.4 is 21.8 Å². The molecule has 1 aliphatic carbocycles. The largest absolute Gasteiger partial charge is 0.493 e. The number of H-pyrrole nitrogens is 2. The minimum atomic E-state index is -0.492. The Morgan fingerprint density at radius 1 is 1.27 bits per heavy atom. The fraction of sp³-hybridized carbons (Fsp3) is 0.318. The number of anilines is 1. The molecule has 4 aromatic rings. The van der Waals surface area contributed by atoms with E-state index in [1.54, 1.807) is 16.8 Å². The van der Waals surface area contributed by atoms with Gasteiger partial charge >= 0.3 is 5.69 Å². The van der Waals surface area contributed by atoms with Crippen LogP contribution in [0.5, 0.6) is 5.88 Å². The van der Waals surface area contributed by atoms with Gasteiger partial charge in [-0.3, -0.25) is 4.98 Å². The second-order valence-corrected chi connectivity index (χ2v) is 8.44. The van der Waals surface area contributed by atoms with E-state index < -0.39 is 5.69 Å². The van der Waals surface area contributed by atoms with Crippen molar-refractivity contribution in [2.75, 3.05) is 19.4 Å². The van der Waals surface area contributed by atoms with E-state index in [1.165, 1.54) is 5.56 Å². The lowest BCUT2D eigenvalue weighted by Gasteiger charge is -2.11. The molecule has 0 atom stereocenters. The molecule has 1 aromatic carbocycles. The molecule has 0 bridgehead atoms. The average molecular weight is 448 g/mol. The summed E-state index contributed by atoms with van der Waals surface area (Å²) in [6.45, 7) is 1.42. The number of nitrogens with zero attached hydrogens (tertiary/aromatic N) is 6. The number of aromatic hydroxyl groups is 1. The molecule has 3 heterocycles. The summed E-state index contributed by atoms with van der Waals surface area (Å²) >= 11 is 0. The predicted molar refractivity (Wildman–Crippen MR) is 122 cm³/mol. The Balaban J connectivity index is 1.51. The highest BCUT2D eigenvalue weighted by molar-refractivity contribution is 5.57. The maximum atomic E-state index is 11.5. The van der Waals surface area contributed by atoms with Crippen LogP contribution in [0, 0.1) is 0 Å². The first-order valence-electron chi connectivity index (χ1n) is 10.7. The molecule has 4 N–H and O–H groups in total. The zero-order chi connectivity index (χ0) is 22.9. The minimum absolute atomic E-state index is 0.243. The van der Waals surface area contributed by atoms with Crippen molar-refractivity contribution in [3.05, 3.63) is 68.6 Å². The van der Waals surface area contributed by atoms with Crippen molar-refractivity contribution >= 4 is 17.7 Å². The molecule has 0 saturated heterocycles. The van der Waals surface area contributed by atoms with Crippen LogP contribution in [0.2, 0.25) is 0 Å². The summed E-state index contributed by atoms with van der Waals surface area (Å²) < 4.78 is 1.58. The molecule has 5 rings (SSSR count). The van der Waals surface area contributed by atoms with Gasteiger partial charge in [-0.05, 0) is 44.1 Å². The van der Waals surface area contributed by atoms with Crippen LogP contribution in [0.1, 0.15) is 29.7 Å². The van der Waals surface area contributed by atoms with E-state index in [-0.39, 0.29) is 17.6 Å². The predicted octanol–water partition coefficient (Wildman–Crippen LogP) is 0.131.